The number of Topliss-reactive ketones (excluding diaryl/α,β-unsaturated/α-hetero) is 1. The molecule has 0 spiro atoms. The smallest absolute Gasteiger partial charge is 0.168 e. The van der Waals surface area contributed by atoms with Crippen molar-refractivity contribution in [2.24, 2.45) is 23.7 Å². The molecule has 4 aliphatic rings. The van der Waals surface area contributed by atoms with Gasteiger partial charge in [0.15, 0.2) is 12.1 Å². The Balaban J connectivity index is 1.81. The molecule has 74 valence electrons. The lowest BCUT2D eigenvalue weighted by molar-refractivity contribution is -0.166. The summed E-state index contributed by atoms with van der Waals surface area (Å²) < 4.78 is 11.1. The molecule has 3 fully saturated rings. The van der Waals surface area contributed by atoms with Crippen molar-refractivity contribution in [2.75, 3.05) is 6.61 Å². The quantitative estimate of drug-likeness (QED) is 0.531. The van der Waals surface area contributed by atoms with Gasteiger partial charge in [-0.05, 0) is 18.3 Å². The van der Waals surface area contributed by atoms with Gasteiger partial charge in [0.1, 0.15) is 6.10 Å². The van der Waals surface area contributed by atoms with E-state index in [-0.39, 0.29) is 18.3 Å². The van der Waals surface area contributed by atoms with Crippen LogP contribution in [-0.4, -0.2) is 24.8 Å². The fourth-order valence-electron chi connectivity index (χ4n) is 3.62. The number of allylic oxidation sites excluding steroid dienone is 2. The Morgan fingerprint density at radius 1 is 1.29 bits per heavy atom. The van der Waals surface area contributed by atoms with Gasteiger partial charge >= 0.3 is 0 Å². The van der Waals surface area contributed by atoms with E-state index in [1.54, 1.807) is 0 Å². The van der Waals surface area contributed by atoms with Gasteiger partial charge in [-0.15, -0.1) is 0 Å². The molecule has 0 aromatic rings. The van der Waals surface area contributed by atoms with Crippen molar-refractivity contribution in [1.82, 2.24) is 0 Å². The Labute approximate surface area is 82.1 Å². The van der Waals surface area contributed by atoms with E-state index in [0.29, 0.717) is 30.1 Å². The minimum atomic E-state index is -0.256. The Kier molecular flexibility index (Phi) is 1.24. The molecule has 2 saturated heterocycles. The predicted octanol–water partition coefficient (Wildman–Crippen LogP) is 0.749. The monoisotopic (exact) mass is 192 g/mol. The van der Waals surface area contributed by atoms with Crippen LogP contribution in [0.2, 0.25) is 0 Å². The Morgan fingerprint density at radius 3 is 3.07 bits per heavy atom. The molecular weight excluding hydrogens is 180 g/mol. The van der Waals surface area contributed by atoms with E-state index in [0.717, 1.165) is 6.42 Å². The van der Waals surface area contributed by atoms with Crippen LogP contribution < -0.4 is 0 Å². The first kappa shape index (κ1) is 7.60. The summed E-state index contributed by atoms with van der Waals surface area (Å²) in [5, 5.41) is 0. The Morgan fingerprint density at radius 2 is 2.14 bits per heavy atom. The maximum atomic E-state index is 12.0. The largest absolute Gasteiger partial charge is 0.349 e. The number of carbonyl (C=O) groups is 1. The van der Waals surface area contributed by atoms with Crippen molar-refractivity contribution in [1.29, 1.82) is 0 Å². The van der Waals surface area contributed by atoms with Gasteiger partial charge in [-0.2, -0.15) is 0 Å². The molecule has 0 radical (unpaired) electrons. The lowest BCUT2D eigenvalue weighted by Gasteiger charge is -2.34. The molecule has 0 aromatic carbocycles. The highest BCUT2D eigenvalue weighted by Gasteiger charge is 2.59. The second kappa shape index (κ2) is 2.28. The van der Waals surface area contributed by atoms with Crippen LogP contribution in [0.5, 0.6) is 0 Å². The molecule has 14 heavy (non-hydrogen) atoms. The van der Waals surface area contributed by atoms with Crippen LogP contribution in [0.4, 0.5) is 0 Å². The third-order valence-corrected chi connectivity index (χ3v) is 4.19. The van der Waals surface area contributed by atoms with Crippen LogP contribution in [0.1, 0.15) is 6.42 Å². The number of carbonyl (C=O) groups excluding carboxylic acids is 1. The van der Waals surface area contributed by atoms with Crippen molar-refractivity contribution in [2.45, 2.75) is 18.8 Å². The first-order valence-corrected chi connectivity index (χ1v) is 5.34. The third kappa shape index (κ3) is 0.708. The van der Waals surface area contributed by atoms with Gasteiger partial charge in [0, 0.05) is 11.8 Å². The predicted molar refractivity (Wildman–Crippen MR) is 47.3 cm³/mol. The summed E-state index contributed by atoms with van der Waals surface area (Å²) in [5.74, 6) is 1.82. The number of ketones is 1. The molecule has 1 saturated carbocycles. The van der Waals surface area contributed by atoms with Gasteiger partial charge in [-0.1, -0.05) is 12.2 Å². The first-order valence-electron chi connectivity index (χ1n) is 5.34. The molecule has 0 amide bonds. The van der Waals surface area contributed by atoms with Crippen LogP contribution >= 0.6 is 0 Å². The molecule has 2 aliphatic heterocycles. The maximum Gasteiger partial charge on any atom is 0.168 e. The minimum absolute atomic E-state index is 0.0948. The van der Waals surface area contributed by atoms with Crippen LogP contribution in [0.3, 0.4) is 0 Å². The standard InChI is InChI=1S/C11H12O3/c12-10-7-4-13-11(14-7)9-6-2-1-5(3-6)8(9)10/h1-2,5-9,11H,3-4H2/t5-,6+,7+,8+,9-,11+/m0/s1. The lowest BCUT2D eigenvalue weighted by atomic mass is 9.77. The summed E-state index contributed by atoms with van der Waals surface area (Å²) in [7, 11) is 0. The van der Waals surface area contributed by atoms with E-state index in [9.17, 15) is 4.79 Å². The first-order chi connectivity index (χ1) is 6.84. The fraction of sp³-hybridized carbons (Fsp3) is 0.727. The molecular formula is C11H12O3. The van der Waals surface area contributed by atoms with E-state index < -0.39 is 0 Å². The van der Waals surface area contributed by atoms with Crippen molar-refractivity contribution in [3.63, 3.8) is 0 Å². The average molecular weight is 192 g/mol. The summed E-state index contributed by atoms with van der Waals surface area (Å²) in [6.07, 6.45) is 5.24. The summed E-state index contributed by atoms with van der Waals surface area (Å²) in [6.45, 7) is 0.482. The van der Waals surface area contributed by atoms with Crippen molar-refractivity contribution < 1.29 is 14.3 Å². The van der Waals surface area contributed by atoms with Crippen LogP contribution in [-0.2, 0) is 14.3 Å². The second-order valence-corrected chi connectivity index (χ2v) is 4.78. The molecule has 4 bridgehead atoms. The van der Waals surface area contributed by atoms with Gasteiger partial charge in [-0.3, -0.25) is 4.79 Å². The Bertz CT molecular complexity index is 335. The normalized spacial score (nSPS) is 58.1. The van der Waals surface area contributed by atoms with E-state index in [1.807, 2.05) is 0 Å². The SMILES string of the molecule is O=C1[C@H]2[C@@H]([C@@H]3OC[C@H]1O3)[C@@H]1C=C[C@H]2C1. The number of rotatable bonds is 0. The van der Waals surface area contributed by atoms with Crippen molar-refractivity contribution in [3.05, 3.63) is 12.2 Å². The van der Waals surface area contributed by atoms with Crippen LogP contribution in [0, 0.1) is 23.7 Å². The molecule has 4 rings (SSSR count). The van der Waals surface area contributed by atoms with E-state index >= 15 is 0 Å². The molecule has 3 heteroatoms. The van der Waals surface area contributed by atoms with E-state index in [1.165, 1.54) is 0 Å². The van der Waals surface area contributed by atoms with E-state index in [4.69, 9.17) is 9.47 Å². The fourth-order valence-corrected chi connectivity index (χ4v) is 3.62. The zero-order chi connectivity index (χ0) is 9.28. The third-order valence-electron chi connectivity index (χ3n) is 4.19. The van der Waals surface area contributed by atoms with Gasteiger partial charge in [-0.25, -0.2) is 0 Å². The molecule has 2 aliphatic carbocycles. The second-order valence-electron chi connectivity index (χ2n) is 4.78. The average Bonchev–Trinajstić information content (AvgIpc) is 2.89. The summed E-state index contributed by atoms with van der Waals surface area (Å²) in [5.41, 5.74) is 0. The van der Waals surface area contributed by atoms with Crippen LogP contribution in [0.25, 0.3) is 0 Å². The minimum Gasteiger partial charge on any atom is -0.349 e. The molecule has 2 heterocycles. The highest BCUT2D eigenvalue weighted by molar-refractivity contribution is 5.88. The van der Waals surface area contributed by atoms with Gasteiger partial charge in [0.05, 0.1) is 6.61 Å². The molecule has 0 N–H and O–H groups in total. The van der Waals surface area contributed by atoms with Crippen LogP contribution in [0.15, 0.2) is 12.2 Å². The lowest BCUT2D eigenvalue weighted by Crippen LogP contribution is -2.45. The van der Waals surface area contributed by atoms with Gasteiger partial charge in [0.2, 0.25) is 0 Å². The topological polar surface area (TPSA) is 35.5 Å². The number of hydrogen-bond acceptors (Lipinski definition) is 3. The van der Waals surface area contributed by atoms with Crippen molar-refractivity contribution >= 4 is 5.78 Å². The molecule has 3 nitrogen and oxygen atoms in total. The molecule has 0 aromatic heterocycles. The zero-order valence-corrected chi connectivity index (χ0v) is 7.76. The highest BCUT2D eigenvalue weighted by atomic mass is 16.7. The number of fused-ring (bicyclic) bond motifs is 8. The maximum absolute atomic E-state index is 12.0. The molecule has 0 unspecified atom stereocenters. The number of ether oxygens (including phenoxy) is 2. The number of hydrogen-bond donors (Lipinski definition) is 0. The van der Waals surface area contributed by atoms with Gasteiger partial charge in [0.25, 0.3) is 0 Å². The molecule has 6 atom stereocenters. The Hall–Kier alpha value is -0.670. The van der Waals surface area contributed by atoms with E-state index in [2.05, 4.69) is 12.2 Å². The highest BCUT2D eigenvalue weighted by Crippen LogP contribution is 2.54. The summed E-state index contributed by atoms with van der Waals surface area (Å²) >= 11 is 0. The summed E-state index contributed by atoms with van der Waals surface area (Å²) in [6, 6.07) is 0. The van der Waals surface area contributed by atoms with Gasteiger partial charge < -0.3 is 9.47 Å². The zero-order valence-electron chi connectivity index (χ0n) is 7.76. The summed E-state index contributed by atoms with van der Waals surface area (Å²) in [4.78, 5) is 12.0. The van der Waals surface area contributed by atoms with Crippen molar-refractivity contribution in [3.8, 4) is 0 Å².